The van der Waals surface area contributed by atoms with Crippen LogP contribution in [0, 0.1) is 17.8 Å². The summed E-state index contributed by atoms with van der Waals surface area (Å²) >= 11 is 0. The van der Waals surface area contributed by atoms with Crippen LogP contribution in [0.3, 0.4) is 0 Å². The molecule has 0 spiro atoms. The van der Waals surface area contributed by atoms with Gasteiger partial charge in [0.15, 0.2) is 12.1 Å². The van der Waals surface area contributed by atoms with E-state index >= 15 is 0 Å². The van der Waals surface area contributed by atoms with E-state index in [9.17, 15) is 55.9 Å². The zero-order chi connectivity index (χ0) is 48.0. The molecule has 0 aromatic rings. The fourth-order valence-electron chi connectivity index (χ4n) is 7.59. The lowest BCUT2D eigenvalue weighted by Gasteiger charge is -2.45. The van der Waals surface area contributed by atoms with Crippen molar-refractivity contribution in [3.05, 3.63) is 85.1 Å². The Morgan fingerprint density at radius 3 is 1.88 bits per heavy atom. The minimum Gasteiger partial charge on any atom is -0.393 e. The van der Waals surface area contributed by atoms with Crippen LogP contribution in [0.15, 0.2) is 85.1 Å². The van der Waals surface area contributed by atoms with Crippen LogP contribution in [0.4, 0.5) is 0 Å². The summed E-state index contributed by atoms with van der Waals surface area (Å²) in [6.07, 6.45) is 11.1. The topological polar surface area (TPSA) is 282 Å². The molecule has 2 fully saturated rings. The molecule has 2 aliphatic heterocycles. The van der Waals surface area contributed by atoms with Gasteiger partial charge in [-0.3, -0.25) is 0 Å². The summed E-state index contributed by atoms with van der Waals surface area (Å²) in [6.45, 7) is 9.21. The molecular formula is C48H79NO15. The van der Waals surface area contributed by atoms with Gasteiger partial charge in [0.1, 0.15) is 12.4 Å². The maximum atomic E-state index is 11.5. The van der Waals surface area contributed by atoms with Crippen LogP contribution < -0.4 is 5.73 Å². The first-order chi connectivity index (χ1) is 30.2. The van der Waals surface area contributed by atoms with E-state index < -0.39 is 104 Å². The Morgan fingerprint density at radius 2 is 1.31 bits per heavy atom. The number of aldehydes is 1. The van der Waals surface area contributed by atoms with Crippen molar-refractivity contribution in [3.63, 3.8) is 0 Å². The molecule has 0 amide bonds. The second-order valence-corrected chi connectivity index (χ2v) is 17.5. The number of carbonyl (C=O) groups excluding carboxylic acids is 1. The summed E-state index contributed by atoms with van der Waals surface area (Å²) in [5.41, 5.74) is 6.06. The highest BCUT2D eigenvalue weighted by atomic mass is 16.7. The molecule has 12 N–H and O–H groups in total. The SMILES string of the molecule is COC(C)C(C)C(O)C(C)/C=C/C=C/C=C/C=C/C=C/C=C/C=C/C(CC1OC(O)(CC(O)CC(O)C(O)CCC(O)CC(O)CC=O)CC(O)C1C)OC1OC(C)C(O)C(N)C1O. The van der Waals surface area contributed by atoms with Crippen molar-refractivity contribution in [2.45, 2.75) is 183 Å². The van der Waals surface area contributed by atoms with Crippen LogP contribution in [0.5, 0.6) is 0 Å². The van der Waals surface area contributed by atoms with E-state index in [1.165, 1.54) is 0 Å². The Hall–Kier alpha value is -2.75. The number of aliphatic hydroxyl groups is 10. The van der Waals surface area contributed by atoms with Crippen molar-refractivity contribution in [1.29, 1.82) is 0 Å². The van der Waals surface area contributed by atoms with Gasteiger partial charge in [-0.05, 0) is 33.1 Å². The van der Waals surface area contributed by atoms with Gasteiger partial charge < -0.3 is 80.5 Å². The highest BCUT2D eigenvalue weighted by Crippen LogP contribution is 2.37. The summed E-state index contributed by atoms with van der Waals surface area (Å²) < 4.78 is 23.4. The molecule has 0 radical (unpaired) electrons. The molecule has 16 heteroatoms. The number of ether oxygens (including phenoxy) is 4. The second kappa shape index (κ2) is 29.8. The van der Waals surface area contributed by atoms with Gasteiger partial charge in [-0.25, -0.2) is 0 Å². The van der Waals surface area contributed by atoms with Crippen molar-refractivity contribution in [2.75, 3.05) is 7.11 Å². The first-order valence-electron chi connectivity index (χ1n) is 22.5. The third-order valence-electron chi connectivity index (χ3n) is 12.1. The predicted octanol–water partition coefficient (Wildman–Crippen LogP) is 1.94. The summed E-state index contributed by atoms with van der Waals surface area (Å²) in [6, 6.07) is -1.05. The molecule has 0 aromatic carbocycles. The molecule has 0 aromatic heterocycles. The van der Waals surface area contributed by atoms with Crippen LogP contribution in [0.2, 0.25) is 0 Å². The Bertz CT molecular complexity index is 1520. The van der Waals surface area contributed by atoms with E-state index in [4.69, 9.17) is 24.7 Å². The second-order valence-electron chi connectivity index (χ2n) is 17.5. The van der Waals surface area contributed by atoms with Crippen molar-refractivity contribution in [3.8, 4) is 0 Å². The number of methoxy groups -OCH3 is 1. The molecular weight excluding hydrogens is 831 g/mol. The standard InChI is InChI=1S/C48H79NO15/c1-30(44(57)31(2)33(4)61-6)19-17-15-13-11-9-7-8-10-12-14-16-18-20-38(63-47-46(59)43(49)45(58)34(5)62-47)27-42-32(3)41(56)29-48(60,64-42)28-37(53)26-40(55)39(54)22-21-35(51)25-36(52)23-24-50/h7-20,24,30-47,51-60H,21-23,25-29,49H2,1-6H3/b8-7+,11-9+,12-10+,15-13+,16-14+,19-17+,20-18+. The lowest BCUT2D eigenvalue weighted by molar-refractivity contribution is -0.309. The van der Waals surface area contributed by atoms with Crippen molar-refractivity contribution in [1.82, 2.24) is 0 Å². The molecule has 64 heavy (non-hydrogen) atoms. The molecule has 0 aliphatic carbocycles. The number of allylic oxidation sites excluding steroid dienone is 12. The maximum absolute atomic E-state index is 11.5. The van der Waals surface area contributed by atoms with E-state index in [2.05, 4.69) is 0 Å². The molecule has 16 nitrogen and oxygen atoms in total. The first-order valence-corrected chi connectivity index (χ1v) is 22.5. The average molecular weight is 910 g/mol. The largest absolute Gasteiger partial charge is 0.393 e. The molecule has 2 aliphatic rings. The first kappa shape index (κ1) is 57.4. The Morgan fingerprint density at radius 1 is 0.750 bits per heavy atom. The fourth-order valence-corrected chi connectivity index (χ4v) is 7.59. The zero-order valence-electron chi connectivity index (χ0n) is 38.3. The van der Waals surface area contributed by atoms with Gasteiger partial charge >= 0.3 is 0 Å². The fraction of sp³-hybridized carbons (Fsp3) is 0.688. The number of hydrogen-bond acceptors (Lipinski definition) is 16. The van der Waals surface area contributed by atoms with Gasteiger partial charge in [-0.2, -0.15) is 0 Å². The van der Waals surface area contributed by atoms with Crippen LogP contribution >= 0.6 is 0 Å². The molecule has 19 unspecified atom stereocenters. The molecule has 2 saturated heterocycles. The lowest BCUT2D eigenvalue weighted by Crippen LogP contribution is -2.61. The lowest BCUT2D eigenvalue weighted by atomic mass is 9.84. The number of nitrogens with two attached hydrogens (primary N) is 1. The minimum absolute atomic E-state index is 0.00389. The Balaban J connectivity index is 2.06. The van der Waals surface area contributed by atoms with Gasteiger partial charge in [-0.15, -0.1) is 0 Å². The third kappa shape index (κ3) is 20.4. The third-order valence-corrected chi connectivity index (χ3v) is 12.1. The molecule has 0 bridgehead atoms. The number of rotatable bonds is 28. The summed E-state index contributed by atoms with van der Waals surface area (Å²) in [5.74, 6) is -2.57. The Labute approximate surface area is 379 Å². The van der Waals surface area contributed by atoms with Crippen LogP contribution in [0.25, 0.3) is 0 Å². The summed E-state index contributed by atoms with van der Waals surface area (Å²) in [4.78, 5) is 10.6. The van der Waals surface area contributed by atoms with Crippen molar-refractivity contribution in [2.24, 2.45) is 23.5 Å². The van der Waals surface area contributed by atoms with Crippen molar-refractivity contribution < 1.29 is 74.8 Å². The monoisotopic (exact) mass is 910 g/mol. The molecule has 19 atom stereocenters. The Kier molecular flexibility index (Phi) is 26.7. The average Bonchev–Trinajstić information content (AvgIpc) is 3.24. The smallest absolute Gasteiger partial charge is 0.186 e. The van der Waals surface area contributed by atoms with E-state index in [1.807, 2.05) is 81.5 Å². The molecule has 2 rings (SSSR count). The van der Waals surface area contributed by atoms with Crippen LogP contribution in [-0.4, -0.2) is 162 Å². The predicted molar refractivity (Wildman–Crippen MR) is 242 cm³/mol. The quantitative estimate of drug-likeness (QED) is 0.0395. The van der Waals surface area contributed by atoms with Gasteiger partial charge in [0.2, 0.25) is 0 Å². The summed E-state index contributed by atoms with van der Waals surface area (Å²) in [7, 11) is 1.64. The normalized spacial score (nSPS) is 32.2. The van der Waals surface area contributed by atoms with Gasteiger partial charge in [0.25, 0.3) is 0 Å². The highest BCUT2D eigenvalue weighted by molar-refractivity contribution is 5.50. The van der Waals surface area contributed by atoms with Crippen LogP contribution in [-0.2, 0) is 23.7 Å². The molecule has 0 saturated carbocycles. The van der Waals surface area contributed by atoms with E-state index in [1.54, 1.807) is 45.3 Å². The maximum Gasteiger partial charge on any atom is 0.186 e. The van der Waals surface area contributed by atoms with Gasteiger partial charge in [-0.1, -0.05) is 106 Å². The summed E-state index contributed by atoms with van der Waals surface area (Å²) in [5, 5.41) is 106. The van der Waals surface area contributed by atoms with E-state index in [-0.39, 0.29) is 62.9 Å². The number of carbonyl (C=O) groups is 1. The van der Waals surface area contributed by atoms with E-state index in [0.29, 0.717) is 6.29 Å². The highest BCUT2D eigenvalue weighted by Gasteiger charge is 2.47. The van der Waals surface area contributed by atoms with Gasteiger partial charge in [0, 0.05) is 57.0 Å². The zero-order valence-corrected chi connectivity index (χ0v) is 38.3. The number of aliphatic hydroxyl groups excluding tert-OH is 9. The minimum atomic E-state index is -2.03. The number of hydrogen-bond donors (Lipinski definition) is 11. The van der Waals surface area contributed by atoms with Crippen molar-refractivity contribution >= 4 is 6.29 Å². The van der Waals surface area contributed by atoms with E-state index in [0.717, 1.165) is 0 Å². The van der Waals surface area contributed by atoms with Gasteiger partial charge in [0.05, 0.1) is 79.3 Å². The van der Waals surface area contributed by atoms with Crippen LogP contribution in [0.1, 0.15) is 86.0 Å². The molecule has 2 heterocycles. The molecule has 366 valence electrons.